The van der Waals surface area contributed by atoms with E-state index in [-0.39, 0.29) is 17.7 Å². The summed E-state index contributed by atoms with van der Waals surface area (Å²) in [6.07, 6.45) is 4.75. The molecule has 150 valence electrons. The highest BCUT2D eigenvalue weighted by atomic mass is 32.2. The second-order valence-electron chi connectivity index (χ2n) is 7.42. The van der Waals surface area contributed by atoms with Gasteiger partial charge in [-0.05, 0) is 62.1 Å². The van der Waals surface area contributed by atoms with Crippen LogP contribution in [0.4, 0.5) is 5.69 Å². The number of carbonyl (C=O) groups excluding carboxylic acids is 1. The highest BCUT2D eigenvalue weighted by Crippen LogP contribution is 2.31. The standard InChI is InChI=1S/C21H27N3O3S/c1-5-28(26,27)24(15(2)3)14-16-10-19(13-22-12-16)17-6-8-20-18(11-17)7-9-21(25)23(20)4/h6,8,10-13,15H,5,7,9,14H2,1-4H3. The zero-order valence-corrected chi connectivity index (χ0v) is 17.7. The van der Waals surface area contributed by atoms with Crippen molar-refractivity contribution in [3.05, 3.63) is 47.8 Å². The monoisotopic (exact) mass is 401 g/mol. The predicted molar refractivity (Wildman–Crippen MR) is 112 cm³/mol. The van der Waals surface area contributed by atoms with Crippen molar-refractivity contribution in [3.8, 4) is 11.1 Å². The van der Waals surface area contributed by atoms with Crippen LogP contribution in [0, 0.1) is 0 Å². The summed E-state index contributed by atoms with van der Waals surface area (Å²) in [5, 5.41) is 0. The van der Waals surface area contributed by atoms with Crippen LogP contribution in [0.25, 0.3) is 11.1 Å². The molecule has 0 spiro atoms. The molecule has 7 heteroatoms. The number of anilines is 1. The third kappa shape index (κ3) is 4.10. The number of sulfonamides is 1. The van der Waals surface area contributed by atoms with E-state index < -0.39 is 10.0 Å². The van der Waals surface area contributed by atoms with Crippen molar-refractivity contribution in [1.29, 1.82) is 0 Å². The smallest absolute Gasteiger partial charge is 0.227 e. The quantitative estimate of drug-likeness (QED) is 0.745. The first-order valence-electron chi connectivity index (χ1n) is 9.56. The maximum atomic E-state index is 12.4. The van der Waals surface area contributed by atoms with Gasteiger partial charge in [-0.25, -0.2) is 8.42 Å². The van der Waals surface area contributed by atoms with Gasteiger partial charge in [0, 0.05) is 49.7 Å². The minimum atomic E-state index is -3.29. The van der Waals surface area contributed by atoms with Crippen molar-refractivity contribution in [2.45, 2.75) is 46.2 Å². The fraction of sp³-hybridized carbons (Fsp3) is 0.429. The molecule has 3 rings (SSSR count). The molecule has 1 aromatic carbocycles. The number of amides is 1. The van der Waals surface area contributed by atoms with Crippen LogP contribution < -0.4 is 4.90 Å². The van der Waals surface area contributed by atoms with Gasteiger partial charge in [0.25, 0.3) is 0 Å². The highest BCUT2D eigenvalue weighted by Gasteiger charge is 2.24. The minimum absolute atomic E-state index is 0.0787. The largest absolute Gasteiger partial charge is 0.315 e. The lowest BCUT2D eigenvalue weighted by atomic mass is 9.96. The summed E-state index contributed by atoms with van der Waals surface area (Å²) >= 11 is 0. The van der Waals surface area contributed by atoms with E-state index in [0.717, 1.165) is 34.4 Å². The lowest BCUT2D eigenvalue weighted by molar-refractivity contribution is -0.118. The Balaban J connectivity index is 1.91. The Labute approximate surface area is 167 Å². The molecule has 0 atom stereocenters. The van der Waals surface area contributed by atoms with E-state index in [1.165, 1.54) is 4.31 Å². The lowest BCUT2D eigenvalue weighted by Crippen LogP contribution is -2.37. The van der Waals surface area contributed by atoms with E-state index in [1.807, 2.05) is 32.0 Å². The molecule has 1 aliphatic heterocycles. The van der Waals surface area contributed by atoms with Crippen molar-refractivity contribution >= 4 is 21.6 Å². The van der Waals surface area contributed by atoms with Crippen LogP contribution in [0.3, 0.4) is 0 Å². The van der Waals surface area contributed by atoms with E-state index >= 15 is 0 Å². The highest BCUT2D eigenvalue weighted by molar-refractivity contribution is 7.89. The van der Waals surface area contributed by atoms with E-state index in [0.29, 0.717) is 13.0 Å². The van der Waals surface area contributed by atoms with Gasteiger partial charge in [0.15, 0.2) is 0 Å². The number of nitrogens with zero attached hydrogens (tertiary/aromatic N) is 3. The maximum absolute atomic E-state index is 12.4. The first-order chi connectivity index (χ1) is 13.2. The van der Waals surface area contributed by atoms with Crippen LogP contribution >= 0.6 is 0 Å². The number of hydrogen-bond acceptors (Lipinski definition) is 4. The normalized spacial score (nSPS) is 14.6. The molecule has 1 aromatic heterocycles. The molecule has 1 amide bonds. The van der Waals surface area contributed by atoms with Gasteiger partial charge in [0.1, 0.15) is 0 Å². The van der Waals surface area contributed by atoms with Crippen molar-refractivity contribution < 1.29 is 13.2 Å². The van der Waals surface area contributed by atoms with Gasteiger partial charge in [0.2, 0.25) is 15.9 Å². The van der Waals surface area contributed by atoms with Crippen LogP contribution in [-0.2, 0) is 27.8 Å². The Morgan fingerprint density at radius 2 is 1.89 bits per heavy atom. The van der Waals surface area contributed by atoms with Gasteiger partial charge in [-0.15, -0.1) is 0 Å². The molecule has 0 N–H and O–H groups in total. The van der Waals surface area contributed by atoms with Crippen LogP contribution in [0.2, 0.25) is 0 Å². The fourth-order valence-corrected chi connectivity index (χ4v) is 4.84. The average Bonchev–Trinajstić information content (AvgIpc) is 2.68. The van der Waals surface area contributed by atoms with Gasteiger partial charge in [-0.1, -0.05) is 6.07 Å². The SMILES string of the molecule is CCS(=O)(=O)N(Cc1cncc(-c2ccc3c(c2)CCC(=O)N3C)c1)C(C)C. The van der Waals surface area contributed by atoms with Crippen LogP contribution in [0.15, 0.2) is 36.7 Å². The Bertz CT molecular complexity index is 986. The summed E-state index contributed by atoms with van der Waals surface area (Å²) in [7, 11) is -1.49. The predicted octanol–water partition coefficient (Wildman–Crippen LogP) is 3.22. The minimum Gasteiger partial charge on any atom is -0.315 e. The third-order valence-electron chi connectivity index (χ3n) is 5.19. The molecular formula is C21H27N3O3S. The second kappa shape index (κ2) is 8.01. The molecule has 2 aromatic rings. The first-order valence-corrected chi connectivity index (χ1v) is 11.2. The fourth-order valence-electron chi connectivity index (χ4n) is 3.52. The molecule has 28 heavy (non-hydrogen) atoms. The van der Waals surface area contributed by atoms with Gasteiger partial charge in [0.05, 0.1) is 5.75 Å². The summed E-state index contributed by atoms with van der Waals surface area (Å²) in [5.74, 6) is 0.213. The van der Waals surface area contributed by atoms with Crippen molar-refractivity contribution in [1.82, 2.24) is 9.29 Å². The summed E-state index contributed by atoms with van der Waals surface area (Å²) in [4.78, 5) is 17.9. The lowest BCUT2D eigenvalue weighted by Gasteiger charge is -2.26. The van der Waals surface area contributed by atoms with Crippen molar-refractivity contribution in [2.24, 2.45) is 0 Å². The number of benzene rings is 1. The molecule has 0 bridgehead atoms. The molecule has 0 unspecified atom stereocenters. The molecule has 0 saturated carbocycles. The third-order valence-corrected chi connectivity index (χ3v) is 7.18. The van der Waals surface area contributed by atoms with E-state index in [4.69, 9.17) is 0 Å². The van der Waals surface area contributed by atoms with Crippen LogP contribution in [-0.4, -0.2) is 42.5 Å². The van der Waals surface area contributed by atoms with E-state index in [9.17, 15) is 13.2 Å². The van der Waals surface area contributed by atoms with Gasteiger partial charge >= 0.3 is 0 Å². The van der Waals surface area contributed by atoms with Crippen LogP contribution in [0.5, 0.6) is 0 Å². The van der Waals surface area contributed by atoms with Gasteiger partial charge < -0.3 is 4.90 Å². The molecule has 0 radical (unpaired) electrons. The number of aryl methyl sites for hydroxylation is 1. The van der Waals surface area contributed by atoms with Crippen molar-refractivity contribution in [3.63, 3.8) is 0 Å². The number of fused-ring (bicyclic) bond motifs is 1. The average molecular weight is 402 g/mol. The van der Waals surface area contributed by atoms with Gasteiger partial charge in [-0.2, -0.15) is 4.31 Å². The molecule has 0 saturated heterocycles. The molecule has 6 nitrogen and oxygen atoms in total. The summed E-state index contributed by atoms with van der Waals surface area (Å²) in [6.45, 7) is 5.72. The summed E-state index contributed by atoms with van der Waals surface area (Å²) in [5.41, 5.74) is 4.91. The number of aromatic nitrogens is 1. The number of carbonyl (C=O) groups is 1. The second-order valence-corrected chi connectivity index (χ2v) is 9.63. The molecule has 0 aliphatic carbocycles. The van der Waals surface area contributed by atoms with Crippen molar-refractivity contribution in [2.75, 3.05) is 17.7 Å². The zero-order chi connectivity index (χ0) is 20.5. The molecular weight excluding hydrogens is 374 g/mol. The zero-order valence-electron chi connectivity index (χ0n) is 16.8. The number of rotatable bonds is 6. The Kier molecular flexibility index (Phi) is 5.86. The Morgan fingerprint density at radius 3 is 2.57 bits per heavy atom. The molecule has 1 aliphatic rings. The Morgan fingerprint density at radius 1 is 1.14 bits per heavy atom. The maximum Gasteiger partial charge on any atom is 0.227 e. The van der Waals surface area contributed by atoms with E-state index in [1.54, 1.807) is 31.3 Å². The number of hydrogen-bond donors (Lipinski definition) is 0. The summed E-state index contributed by atoms with van der Waals surface area (Å²) < 4.78 is 26.3. The number of pyridine rings is 1. The topological polar surface area (TPSA) is 70.6 Å². The first kappa shape index (κ1) is 20.5. The molecule has 0 fully saturated rings. The van der Waals surface area contributed by atoms with E-state index in [2.05, 4.69) is 11.1 Å². The molecule has 2 heterocycles. The van der Waals surface area contributed by atoms with Crippen LogP contribution in [0.1, 0.15) is 38.3 Å². The van der Waals surface area contributed by atoms with Gasteiger partial charge in [-0.3, -0.25) is 9.78 Å². The Hall–Kier alpha value is -2.25. The summed E-state index contributed by atoms with van der Waals surface area (Å²) in [6, 6.07) is 7.92.